The molecule has 1 atom stereocenters. The van der Waals surface area contributed by atoms with E-state index in [-0.39, 0.29) is 29.3 Å². The molecule has 3 aromatic rings. The van der Waals surface area contributed by atoms with Crippen LogP contribution in [0.3, 0.4) is 0 Å². The summed E-state index contributed by atoms with van der Waals surface area (Å²) >= 11 is 1.60. The first-order chi connectivity index (χ1) is 17.0. The monoisotopic (exact) mass is 496 g/mol. The zero-order valence-corrected chi connectivity index (χ0v) is 20.6. The van der Waals surface area contributed by atoms with Gasteiger partial charge in [0.2, 0.25) is 0 Å². The second kappa shape index (κ2) is 11.3. The molecule has 9 heteroatoms. The number of rotatable bonds is 8. The minimum Gasteiger partial charge on any atom is -0.492 e. The molecule has 2 aromatic heterocycles. The van der Waals surface area contributed by atoms with Crippen LogP contribution in [0, 0.1) is 0 Å². The summed E-state index contributed by atoms with van der Waals surface area (Å²) in [5, 5.41) is 4.02. The van der Waals surface area contributed by atoms with Gasteiger partial charge in [0.15, 0.2) is 6.10 Å². The number of carbonyl (C=O) groups is 2. The van der Waals surface area contributed by atoms with E-state index < -0.39 is 12.1 Å². The average Bonchev–Trinajstić information content (AvgIpc) is 3.29. The molecule has 1 aromatic carbocycles. The zero-order valence-electron chi connectivity index (χ0n) is 19.8. The number of ether oxygens (including phenoxy) is 3. The highest BCUT2D eigenvalue weighted by Gasteiger charge is 2.30. The maximum absolute atomic E-state index is 13.3. The molecule has 4 rings (SSSR count). The van der Waals surface area contributed by atoms with Gasteiger partial charge in [0, 0.05) is 51.3 Å². The van der Waals surface area contributed by atoms with Crippen LogP contribution in [-0.2, 0) is 33.7 Å². The molecule has 0 bridgehead atoms. The molecular weight excluding hydrogens is 468 g/mol. The van der Waals surface area contributed by atoms with Gasteiger partial charge in [0.05, 0.1) is 13.7 Å². The molecule has 1 aliphatic rings. The number of methoxy groups -OCH3 is 2. The molecule has 0 aliphatic carbocycles. The number of fused-ring (bicyclic) bond motifs is 1. The summed E-state index contributed by atoms with van der Waals surface area (Å²) in [6.07, 6.45) is 0.214. The first-order valence-electron chi connectivity index (χ1n) is 11.4. The molecule has 35 heavy (non-hydrogen) atoms. The van der Waals surface area contributed by atoms with Crippen molar-refractivity contribution in [3.05, 3.63) is 86.0 Å². The number of aromatic nitrogens is 1. The van der Waals surface area contributed by atoms with E-state index in [0.29, 0.717) is 38.2 Å². The zero-order chi connectivity index (χ0) is 24.8. The van der Waals surface area contributed by atoms with Crippen LogP contribution in [0.25, 0.3) is 0 Å². The number of pyridine rings is 1. The maximum Gasteiger partial charge on any atom is 0.343 e. The summed E-state index contributed by atoms with van der Waals surface area (Å²) < 4.78 is 18.0. The number of benzene rings is 1. The number of amides is 1. The fourth-order valence-electron chi connectivity index (χ4n) is 4.29. The van der Waals surface area contributed by atoms with Crippen molar-refractivity contribution in [2.75, 3.05) is 33.9 Å². The van der Waals surface area contributed by atoms with Crippen molar-refractivity contribution < 1.29 is 23.8 Å². The first-order valence-corrected chi connectivity index (χ1v) is 12.3. The van der Waals surface area contributed by atoms with Crippen molar-refractivity contribution in [3.8, 4) is 5.75 Å². The van der Waals surface area contributed by atoms with Gasteiger partial charge in [-0.05, 0) is 28.0 Å². The van der Waals surface area contributed by atoms with Crippen LogP contribution in [0.2, 0.25) is 0 Å². The molecule has 1 unspecified atom stereocenters. The Morgan fingerprint density at radius 1 is 1.09 bits per heavy atom. The Kier molecular flexibility index (Phi) is 7.99. The van der Waals surface area contributed by atoms with E-state index in [4.69, 9.17) is 14.2 Å². The maximum atomic E-state index is 13.3. The molecule has 0 fully saturated rings. The number of hydrogen-bond donors (Lipinski definition) is 0. The minimum absolute atomic E-state index is 0.189. The first kappa shape index (κ1) is 24.7. The van der Waals surface area contributed by atoms with Crippen LogP contribution in [0.1, 0.15) is 33.3 Å². The number of hydrogen-bond acceptors (Lipinski definition) is 7. The summed E-state index contributed by atoms with van der Waals surface area (Å²) in [4.78, 5) is 40.7. The van der Waals surface area contributed by atoms with Crippen LogP contribution >= 0.6 is 11.3 Å². The fourth-order valence-corrected chi connectivity index (χ4v) is 5.00. The van der Waals surface area contributed by atoms with Crippen molar-refractivity contribution in [3.63, 3.8) is 0 Å². The van der Waals surface area contributed by atoms with Crippen molar-refractivity contribution in [1.82, 2.24) is 9.47 Å². The lowest BCUT2D eigenvalue weighted by Gasteiger charge is -2.25. The van der Waals surface area contributed by atoms with Crippen molar-refractivity contribution in [1.29, 1.82) is 0 Å². The van der Waals surface area contributed by atoms with Gasteiger partial charge in [0.25, 0.3) is 11.5 Å². The molecule has 184 valence electrons. The molecule has 0 spiro atoms. The number of thiophene rings is 1. The normalized spacial score (nSPS) is 14.1. The summed E-state index contributed by atoms with van der Waals surface area (Å²) in [5.74, 6) is -0.549. The lowest BCUT2D eigenvalue weighted by molar-refractivity contribution is -0.142. The Morgan fingerprint density at radius 3 is 2.57 bits per heavy atom. The third-order valence-electron chi connectivity index (χ3n) is 6.09. The molecule has 3 heterocycles. The highest BCUT2D eigenvalue weighted by atomic mass is 32.1. The topological polar surface area (TPSA) is 87.1 Å². The predicted octanol–water partition coefficient (Wildman–Crippen LogP) is 3.09. The molecule has 0 saturated carbocycles. The minimum atomic E-state index is -0.745. The molecule has 8 nitrogen and oxygen atoms in total. The SMILES string of the molecule is COC(=O)c1c(OCCc2ccsc2)cc(=O)n2c1CCN(C(=O)C(OC)c1ccccc1)CC2. The van der Waals surface area contributed by atoms with E-state index in [1.807, 2.05) is 47.2 Å². The smallest absolute Gasteiger partial charge is 0.343 e. The summed E-state index contributed by atoms with van der Waals surface area (Å²) in [7, 11) is 2.80. The highest BCUT2D eigenvalue weighted by Crippen LogP contribution is 2.26. The van der Waals surface area contributed by atoms with E-state index >= 15 is 0 Å². The molecule has 1 aliphatic heterocycles. The van der Waals surface area contributed by atoms with Crippen molar-refractivity contribution in [2.24, 2.45) is 0 Å². The van der Waals surface area contributed by atoms with E-state index in [1.54, 1.807) is 16.2 Å². The molecule has 1 amide bonds. The standard InChI is InChI=1S/C26H28N2O6S/c1-32-24(19-6-4-3-5-7-19)25(30)27-11-8-20-23(26(31)33-2)21(16-22(29)28(20)13-12-27)34-14-9-18-10-15-35-17-18/h3-7,10,15-17,24H,8-9,11-14H2,1-2H3. The molecule has 0 N–H and O–H groups in total. The summed E-state index contributed by atoms with van der Waals surface area (Å²) in [5.41, 5.74) is 2.35. The largest absolute Gasteiger partial charge is 0.492 e. The molecular formula is C26H28N2O6S. The van der Waals surface area contributed by atoms with Gasteiger partial charge in [-0.1, -0.05) is 30.3 Å². The van der Waals surface area contributed by atoms with Crippen LogP contribution in [0.15, 0.2) is 58.0 Å². The van der Waals surface area contributed by atoms with E-state index in [0.717, 1.165) is 11.1 Å². The van der Waals surface area contributed by atoms with Crippen LogP contribution in [0.5, 0.6) is 5.75 Å². The Bertz CT molecular complexity index is 1220. The van der Waals surface area contributed by atoms with Crippen LogP contribution in [0.4, 0.5) is 0 Å². The van der Waals surface area contributed by atoms with Crippen LogP contribution < -0.4 is 10.3 Å². The lowest BCUT2D eigenvalue weighted by Crippen LogP contribution is -2.38. The second-order valence-electron chi connectivity index (χ2n) is 8.14. The number of nitrogens with zero attached hydrogens (tertiary/aromatic N) is 2. The Morgan fingerprint density at radius 2 is 1.89 bits per heavy atom. The Labute approximate surface area is 207 Å². The van der Waals surface area contributed by atoms with Crippen molar-refractivity contribution in [2.45, 2.75) is 25.5 Å². The van der Waals surface area contributed by atoms with Gasteiger partial charge in [-0.2, -0.15) is 11.3 Å². The quantitative estimate of drug-likeness (QED) is 0.446. The van der Waals surface area contributed by atoms with Gasteiger partial charge in [-0.25, -0.2) is 4.79 Å². The van der Waals surface area contributed by atoms with Gasteiger partial charge in [-0.3, -0.25) is 9.59 Å². The Hall–Kier alpha value is -3.43. The van der Waals surface area contributed by atoms with Gasteiger partial charge >= 0.3 is 5.97 Å². The summed E-state index contributed by atoms with van der Waals surface area (Å²) in [6.45, 7) is 1.22. The fraction of sp³-hybridized carbons (Fsp3) is 0.346. The van der Waals surface area contributed by atoms with E-state index in [1.165, 1.54) is 24.9 Å². The van der Waals surface area contributed by atoms with E-state index in [2.05, 4.69) is 0 Å². The van der Waals surface area contributed by atoms with Crippen molar-refractivity contribution >= 4 is 23.2 Å². The van der Waals surface area contributed by atoms with Gasteiger partial charge in [0.1, 0.15) is 11.3 Å². The van der Waals surface area contributed by atoms with E-state index in [9.17, 15) is 14.4 Å². The second-order valence-corrected chi connectivity index (χ2v) is 8.92. The van der Waals surface area contributed by atoms with Gasteiger partial charge < -0.3 is 23.7 Å². The molecule has 0 saturated heterocycles. The van der Waals surface area contributed by atoms with Gasteiger partial charge in [-0.15, -0.1) is 0 Å². The highest BCUT2D eigenvalue weighted by molar-refractivity contribution is 7.07. The van der Waals surface area contributed by atoms with Crippen LogP contribution in [-0.4, -0.2) is 55.3 Å². The number of esters is 1. The third-order valence-corrected chi connectivity index (χ3v) is 6.82. The Balaban J connectivity index is 1.58. The number of carbonyl (C=O) groups excluding carboxylic acids is 2. The summed E-state index contributed by atoms with van der Waals surface area (Å²) in [6, 6.07) is 12.6. The lowest BCUT2D eigenvalue weighted by atomic mass is 10.1. The molecule has 0 radical (unpaired) electrons. The third kappa shape index (κ3) is 5.47. The predicted molar refractivity (Wildman–Crippen MR) is 132 cm³/mol. The average molecular weight is 497 g/mol.